The average molecular weight is 574 g/mol. The first kappa shape index (κ1) is 33.4. The van der Waals surface area contributed by atoms with Crippen molar-refractivity contribution in [1.29, 1.82) is 0 Å². The van der Waals surface area contributed by atoms with E-state index in [1.165, 1.54) is 12.3 Å². The van der Waals surface area contributed by atoms with E-state index < -0.39 is 23.9 Å². The van der Waals surface area contributed by atoms with Crippen LogP contribution in [0, 0.1) is 0 Å². The van der Waals surface area contributed by atoms with Gasteiger partial charge < -0.3 is 42.2 Å². The van der Waals surface area contributed by atoms with Crippen molar-refractivity contribution in [2.75, 3.05) is 26.2 Å². The number of allylic oxidation sites excluding steroid dienone is 2. The first-order valence-corrected chi connectivity index (χ1v) is 11.4. The van der Waals surface area contributed by atoms with Gasteiger partial charge in [-0.15, -0.1) is 0 Å². The summed E-state index contributed by atoms with van der Waals surface area (Å²) in [5.74, 6) is -5.26. The van der Waals surface area contributed by atoms with Crippen LogP contribution in [-0.4, -0.2) is 96.9 Å². The molecule has 0 radical (unpaired) electrons. The molecule has 0 aromatic carbocycles. The monoisotopic (exact) mass is 573 g/mol. The smallest absolute Gasteiger partial charge is 0.328 e. The van der Waals surface area contributed by atoms with Crippen molar-refractivity contribution in [3.05, 3.63) is 76.1 Å². The average Bonchev–Trinajstić information content (AvgIpc) is 2.91. The summed E-state index contributed by atoms with van der Waals surface area (Å²) in [6, 6.07) is 3.06. The minimum absolute atomic E-state index is 0.0279. The van der Waals surface area contributed by atoms with Crippen molar-refractivity contribution in [1.82, 2.24) is 4.73 Å². The van der Waals surface area contributed by atoms with Crippen molar-refractivity contribution in [2.45, 2.75) is 0 Å². The van der Waals surface area contributed by atoms with Gasteiger partial charge in [0.1, 0.15) is 5.69 Å². The largest absolute Gasteiger partial charge is 0.505 e. The van der Waals surface area contributed by atoms with E-state index in [-0.39, 0.29) is 33.6 Å². The summed E-state index contributed by atoms with van der Waals surface area (Å²) in [6.07, 6.45) is 6.92. The lowest BCUT2D eigenvalue weighted by molar-refractivity contribution is -0.134. The highest BCUT2D eigenvalue weighted by Crippen LogP contribution is 2.35. The lowest BCUT2D eigenvalue weighted by Gasteiger charge is -2.21. The number of aliphatic carboxylic acids is 4. The summed E-state index contributed by atoms with van der Waals surface area (Å²) in [5, 5.41) is 52.1. The number of phenolic OH excluding ortho intramolecular Hbond substituents is 1. The van der Waals surface area contributed by atoms with Crippen molar-refractivity contribution >= 4 is 35.3 Å². The molecule has 0 bridgehead atoms. The number of carbonyl (C=O) groups is 4. The normalized spacial score (nSPS) is 13.9. The minimum Gasteiger partial charge on any atom is -0.505 e. The zero-order chi connectivity index (χ0) is 31.1. The van der Waals surface area contributed by atoms with Gasteiger partial charge in [0.05, 0.1) is 41.2 Å². The van der Waals surface area contributed by atoms with Crippen LogP contribution in [0.15, 0.2) is 69.6 Å². The molecule has 10 N–H and O–H groups in total. The number of benzene rings is 1. The number of carboxylic acids is 4. The number of hydrogen-bond acceptors (Lipinski definition) is 11. The van der Waals surface area contributed by atoms with E-state index >= 15 is 0 Å². The Balaban J connectivity index is 0.000000433. The quantitative estimate of drug-likeness (QED) is 0.144. The van der Waals surface area contributed by atoms with E-state index in [0.717, 1.165) is 4.73 Å². The van der Waals surface area contributed by atoms with Gasteiger partial charge in [0.25, 0.3) is 0 Å². The molecule has 0 saturated heterocycles. The van der Waals surface area contributed by atoms with Gasteiger partial charge in [-0.25, -0.2) is 19.2 Å². The molecule has 0 spiro atoms. The molecular formula is C25H27N5O11. The van der Waals surface area contributed by atoms with E-state index in [0.29, 0.717) is 61.9 Å². The first-order valence-electron chi connectivity index (χ1n) is 11.4. The van der Waals surface area contributed by atoms with Gasteiger partial charge in [-0.3, -0.25) is 14.8 Å². The Bertz CT molecular complexity index is 1400. The van der Waals surface area contributed by atoms with Crippen molar-refractivity contribution in [3.8, 4) is 17.0 Å². The Morgan fingerprint density at radius 2 is 1.20 bits per heavy atom. The minimum atomic E-state index is -1.26. The first-order chi connectivity index (χ1) is 19.3. The molecule has 3 aliphatic rings. The third-order valence-corrected chi connectivity index (χ3v) is 4.63. The van der Waals surface area contributed by atoms with Gasteiger partial charge >= 0.3 is 23.9 Å². The molecule has 2 aliphatic carbocycles. The molecule has 41 heavy (non-hydrogen) atoms. The van der Waals surface area contributed by atoms with Gasteiger partial charge in [0.2, 0.25) is 0 Å². The number of aromatic hydroxyl groups is 1. The lowest BCUT2D eigenvalue weighted by atomic mass is 9.88. The van der Waals surface area contributed by atoms with Crippen LogP contribution in [0.25, 0.3) is 11.3 Å². The number of aliphatic imine (C=N–C) groups is 2. The number of pyridine rings is 1. The molecule has 16 nitrogen and oxygen atoms in total. The Morgan fingerprint density at radius 1 is 0.780 bits per heavy atom. The summed E-state index contributed by atoms with van der Waals surface area (Å²) in [6.45, 7) is 1.36. The van der Waals surface area contributed by atoms with Gasteiger partial charge in [0.15, 0.2) is 11.2 Å². The molecule has 0 saturated carbocycles. The maximum atomic E-state index is 13.0. The van der Waals surface area contributed by atoms with Crippen LogP contribution in [0.1, 0.15) is 11.1 Å². The topological polar surface area (TPSA) is 288 Å². The Hall–Kier alpha value is -5.61. The standard InChI is InChI=1S/C17H19N5O3.2C4H4O4/c18-5-7-20-11-3-4-12(21-8-6-19)14-13(11)16(23)10-2-1-9-22(25)15(10)17(14)24;2*5-3(6)1-2-4(7)8/h1-4,9,24-25H,5-8,18-19H2;2*1-2H,(H,5,6)(H,7,8). The molecule has 0 aromatic rings. The van der Waals surface area contributed by atoms with Crippen molar-refractivity contribution in [2.24, 2.45) is 21.5 Å². The van der Waals surface area contributed by atoms with Crippen LogP contribution in [0.5, 0.6) is 5.75 Å². The summed E-state index contributed by atoms with van der Waals surface area (Å²) in [4.78, 5) is 59.9. The summed E-state index contributed by atoms with van der Waals surface area (Å²) in [7, 11) is 0. The molecular weight excluding hydrogens is 546 g/mol. The molecule has 1 aliphatic heterocycles. The van der Waals surface area contributed by atoms with Crippen molar-refractivity contribution in [3.63, 3.8) is 0 Å². The highest BCUT2D eigenvalue weighted by molar-refractivity contribution is 6.27. The fraction of sp³-hybridized carbons (Fsp3) is 0.160. The van der Waals surface area contributed by atoms with Crippen LogP contribution in [0.3, 0.4) is 0 Å². The fourth-order valence-electron chi connectivity index (χ4n) is 3.14. The van der Waals surface area contributed by atoms with E-state index in [1.807, 2.05) is 0 Å². The number of fused-ring (bicyclic) bond motifs is 2. The second-order valence-corrected chi connectivity index (χ2v) is 7.51. The van der Waals surface area contributed by atoms with E-state index in [1.54, 1.807) is 18.2 Å². The number of nitrogens with two attached hydrogens (primary N) is 2. The number of carboxylic acid groups (broad SMARTS) is 4. The highest BCUT2D eigenvalue weighted by atomic mass is 16.5. The fourth-order valence-corrected chi connectivity index (χ4v) is 3.14. The van der Waals surface area contributed by atoms with Crippen LogP contribution in [0.4, 0.5) is 0 Å². The SMILES string of the molecule is NCCN=C1C=CC(=NCCN)c2c1c(O)c1n(O)cccc-1c2=O.O=C(O)C=CC(=O)O.O=C(O)C=CC(=O)O. The number of rotatable bonds is 8. The van der Waals surface area contributed by atoms with Gasteiger partial charge in [-0.2, -0.15) is 4.73 Å². The van der Waals surface area contributed by atoms with Crippen LogP contribution in [-0.2, 0) is 19.2 Å². The molecule has 1 heterocycles. The van der Waals surface area contributed by atoms with Gasteiger partial charge in [-0.05, 0) is 24.3 Å². The maximum absolute atomic E-state index is 13.0. The van der Waals surface area contributed by atoms with E-state index in [9.17, 15) is 34.3 Å². The molecule has 3 rings (SSSR count). The van der Waals surface area contributed by atoms with E-state index in [2.05, 4.69) is 9.98 Å². The third kappa shape index (κ3) is 10.2. The number of aromatic nitrogens is 1. The molecule has 0 amide bonds. The predicted molar refractivity (Wildman–Crippen MR) is 145 cm³/mol. The van der Waals surface area contributed by atoms with Gasteiger partial charge in [-0.1, -0.05) is 0 Å². The number of phenols is 1. The molecule has 0 atom stereocenters. The zero-order valence-corrected chi connectivity index (χ0v) is 21.2. The van der Waals surface area contributed by atoms with Crippen molar-refractivity contribution < 1.29 is 49.9 Å². The summed E-state index contributed by atoms with van der Waals surface area (Å²) in [5.41, 5.74) is 12.2. The van der Waals surface area contributed by atoms with Crippen LogP contribution in [0.2, 0.25) is 0 Å². The van der Waals surface area contributed by atoms with Crippen LogP contribution < -0.4 is 16.9 Å². The molecule has 0 aromatic heterocycles. The highest BCUT2D eigenvalue weighted by Gasteiger charge is 2.30. The second kappa shape index (κ2) is 16.4. The van der Waals surface area contributed by atoms with Gasteiger partial charge in [0, 0.05) is 43.6 Å². The predicted octanol–water partition coefficient (Wildman–Crippen LogP) is -0.615. The molecule has 218 valence electrons. The summed E-state index contributed by atoms with van der Waals surface area (Å²) < 4.78 is 0.724. The second-order valence-electron chi connectivity index (χ2n) is 7.51. The maximum Gasteiger partial charge on any atom is 0.328 e. The lowest BCUT2D eigenvalue weighted by Crippen LogP contribution is -2.27. The molecule has 16 heteroatoms. The third-order valence-electron chi connectivity index (χ3n) is 4.63. The summed E-state index contributed by atoms with van der Waals surface area (Å²) >= 11 is 0. The van der Waals surface area contributed by atoms with Crippen LogP contribution >= 0.6 is 0 Å². The number of hydrogen-bond donors (Lipinski definition) is 8. The molecule has 0 fully saturated rings. The van der Waals surface area contributed by atoms with E-state index in [4.69, 9.17) is 31.9 Å². The molecule has 0 unspecified atom stereocenters. The Labute approximate surface area is 231 Å². The zero-order valence-electron chi connectivity index (χ0n) is 21.2. The Morgan fingerprint density at radius 3 is 1.59 bits per heavy atom. The Kier molecular flexibility index (Phi) is 13.3. The number of nitrogens with zero attached hydrogens (tertiary/aromatic N) is 3.